The number of ether oxygens (including phenoxy) is 2. The third-order valence-electron chi connectivity index (χ3n) is 6.78. The van der Waals surface area contributed by atoms with Gasteiger partial charge in [-0.2, -0.15) is 11.8 Å². The van der Waals surface area contributed by atoms with Crippen molar-refractivity contribution in [2.45, 2.75) is 56.3 Å². The number of thioether (sulfide) groups is 1. The number of nitrogens with zero attached hydrogens (tertiary/aromatic N) is 3. The fourth-order valence-corrected chi connectivity index (χ4v) is 6.14. The Labute approximate surface area is 191 Å². The first kappa shape index (κ1) is 22.9. The Bertz CT molecular complexity index is 506. The highest BCUT2D eigenvalue weighted by Crippen LogP contribution is 2.36. The van der Waals surface area contributed by atoms with Crippen LogP contribution in [-0.4, -0.2) is 98.0 Å². The Morgan fingerprint density at radius 3 is 2.50 bits per heavy atom. The van der Waals surface area contributed by atoms with Gasteiger partial charge in [0, 0.05) is 63.4 Å². The molecule has 3 heterocycles. The predicted octanol–water partition coefficient (Wildman–Crippen LogP) is 2.42. The average molecular weight is 525 g/mol. The second-order valence-electron chi connectivity index (χ2n) is 8.34. The van der Waals surface area contributed by atoms with Crippen molar-refractivity contribution in [1.29, 1.82) is 0 Å². The highest BCUT2D eigenvalue weighted by molar-refractivity contribution is 14.0. The molecule has 162 valence electrons. The zero-order chi connectivity index (χ0) is 18.5. The number of nitrogens with one attached hydrogen (secondary N) is 1. The Morgan fingerprint density at radius 1 is 1.07 bits per heavy atom. The Hall–Kier alpha value is 0.230. The Morgan fingerprint density at radius 2 is 1.82 bits per heavy atom. The average Bonchev–Trinajstić information content (AvgIpc) is 3.42. The quantitative estimate of drug-likeness (QED) is 0.347. The van der Waals surface area contributed by atoms with Crippen molar-refractivity contribution >= 4 is 41.7 Å². The number of guanidine groups is 1. The number of hydrogen-bond donors (Lipinski definition) is 1. The van der Waals surface area contributed by atoms with E-state index in [1.807, 2.05) is 7.05 Å². The van der Waals surface area contributed by atoms with Gasteiger partial charge in [-0.1, -0.05) is 12.8 Å². The third-order valence-corrected chi connectivity index (χ3v) is 7.72. The molecular formula is C20H37IN4O2S. The van der Waals surface area contributed by atoms with E-state index in [0.717, 1.165) is 51.6 Å². The zero-order valence-electron chi connectivity index (χ0n) is 17.2. The SMILES string of the molecule is CN=C(NCC1(N2CCSCC2)CCCC1)N1CCOC(C2CCCO2)C1.I. The van der Waals surface area contributed by atoms with Crippen LogP contribution in [0.5, 0.6) is 0 Å². The number of halogens is 1. The second-order valence-corrected chi connectivity index (χ2v) is 9.56. The van der Waals surface area contributed by atoms with Gasteiger partial charge >= 0.3 is 0 Å². The molecule has 2 atom stereocenters. The van der Waals surface area contributed by atoms with Crippen molar-refractivity contribution in [2.75, 3.05) is 64.5 Å². The van der Waals surface area contributed by atoms with Crippen LogP contribution in [0.15, 0.2) is 4.99 Å². The summed E-state index contributed by atoms with van der Waals surface area (Å²) in [5.41, 5.74) is 0.331. The summed E-state index contributed by atoms with van der Waals surface area (Å²) < 4.78 is 11.9. The molecule has 0 bridgehead atoms. The van der Waals surface area contributed by atoms with Crippen LogP contribution >= 0.6 is 35.7 Å². The van der Waals surface area contributed by atoms with Crippen molar-refractivity contribution in [3.63, 3.8) is 0 Å². The Balaban J connectivity index is 0.00000225. The summed E-state index contributed by atoms with van der Waals surface area (Å²) in [5, 5.41) is 3.76. The molecule has 4 aliphatic rings. The molecule has 3 aliphatic heterocycles. The van der Waals surface area contributed by atoms with Crippen LogP contribution < -0.4 is 5.32 Å². The summed E-state index contributed by atoms with van der Waals surface area (Å²) in [7, 11) is 1.91. The fraction of sp³-hybridized carbons (Fsp3) is 0.950. The van der Waals surface area contributed by atoms with E-state index in [1.165, 1.54) is 50.3 Å². The van der Waals surface area contributed by atoms with Gasteiger partial charge < -0.3 is 19.7 Å². The lowest BCUT2D eigenvalue weighted by atomic mass is 9.94. The molecule has 1 N–H and O–H groups in total. The molecular weight excluding hydrogens is 487 g/mol. The van der Waals surface area contributed by atoms with Gasteiger partial charge in [0.05, 0.1) is 12.7 Å². The molecule has 8 heteroatoms. The summed E-state index contributed by atoms with van der Waals surface area (Å²) in [6.07, 6.45) is 8.10. The van der Waals surface area contributed by atoms with Gasteiger partial charge in [0.25, 0.3) is 0 Å². The highest BCUT2D eigenvalue weighted by atomic mass is 127. The molecule has 0 amide bonds. The van der Waals surface area contributed by atoms with Crippen molar-refractivity contribution in [2.24, 2.45) is 4.99 Å². The summed E-state index contributed by atoms with van der Waals surface area (Å²) in [5.74, 6) is 3.60. The van der Waals surface area contributed by atoms with E-state index >= 15 is 0 Å². The maximum atomic E-state index is 6.02. The minimum absolute atomic E-state index is 0. The van der Waals surface area contributed by atoms with E-state index in [9.17, 15) is 0 Å². The van der Waals surface area contributed by atoms with Crippen molar-refractivity contribution in [1.82, 2.24) is 15.1 Å². The highest BCUT2D eigenvalue weighted by Gasteiger charge is 2.40. The largest absolute Gasteiger partial charge is 0.375 e. The summed E-state index contributed by atoms with van der Waals surface area (Å²) in [4.78, 5) is 9.77. The van der Waals surface area contributed by atoms with Gasteiger partial charge in [-0.15, -0.1) is 24.0 Å². The van der Waals surface area contributed by atoms with Gasteiger partial charge in [0.15, 0.2) is 5.96 Å². The first-order valence-electron chi connectivity index (χ1n) is 10.8. The molecule has 4 fully saturated rings. The number of morpholine rings is 1. The molecule has 3 saturated heterocycles. The minimum Gasteiger partial charge on any atom is -0.375 e. The summed E-state index contributed by atoms with van der Waals surface area (Å²) in [6.45, 7) is 6.95. The van der Waals surface area contributed by atoms with Crippen LogP contribution in [0.3, 0.4) is 0 Å². The Kier molecular flexibility index (Phi) is 9.02. The van der Waals surface area contributed by atoms with Crippen LogP contribution in [0.1, 0.15) is 38.5 Å². The first-order valence-corrected chi connectivity index (χ1v) is 12.0. The molecule has 4 rings (SSSR count). The molecule has 6 nitrogen and oxygen atoms in total. The lowest BCUT2D eigenvalue weighted by molar-refractivity contribution is -0.0817. The maximum Gasteiger partial charge on any atom is 0.193 e. The van der Waals surface area contributed by atoms with Gasteiger partial charge in [-0.05, 0) is 25.7 Å². The minimum atomic E-state index is 0. The van der Waals surface area contributed by atoms with Crippen molar-refractivity contribution in [3.05, 3.63) is 0 Å². The van der Waals surface area contributed by atoms with E-state index < -0.39 is 0 Å². The van der Waals surface area contributed by atoms with Crippen molar-refractivity contribution in [3.8, 4) is 0 Å². The molecule has 1 aliphatic carbocycles. The maximum absolute atomic E-state index is 6.02. The van der Waals surface area contributed by atoms with Crippen LogP contribution in [0.25, 0.3) is 0 Å². The summed E-state index contributed by atoms with van der Waals surface area (Å²) >= 11 is 2.10. The zero-order valence-corrected chi connectivity index (χ0v) is 20.4. The topological polar surface area (TPSA) is 49.3 Å². The van der Waals surface area contributed by atoms with Crippen LogP contribution in [0, 0.1) is 0 Å². The molecule has 0 aromatic rings. The van der Waals surface area contributed by atoms with E-state index in [1.54, 1.807) is 0 Å². The normalized spacial score (nSPS) is 31.6. The summed E-state index contributed by atoms with van der Waals surface area (Å²) in [6, 6.07) is 0. The molecule has 2 unspecified atom stereocenters. The van der Waals surface area contributed by atoms with E-state index in [4.69, 9.17) is 9.47 Å². The van der Waals surface area contributed by atoms with E-state index in [-0.39, 0.29) is 36.2 Å². The molecule has 0 spiro atoms. The van der Waals surface area contributed by atoms with E-state index in [0.29, 0.717) is 5.54 Å². The lowest BCUT2D eigenvalue weighted by Gasteiger charge is -2.44. The first-order chi connectivity index (χ1) is 13.3. The second kappa shape index (κ2) is 11.0. The molecule has 1 saturated carbocycles. The van der Waals surface area contributed by atoms with Gasteiger partial charge in [0.1, 0.15) is 6.10 Å². The van der Waals surface area contributed by atoms with Crippen LogP contribution in [-0.2, 0) is 9.47 Å². The van der Waals surface area contributed by atoms with Gasteiger partial charge in [-0.25, -0.2) is 0 Å². The van der Waals surface area contributed by atoms with Gasteiger partial charge in [-0.3, -0.25) is 9.89 Å². The van der Waals surface area contributed by atoms with E-state index in [2.05, 4.69) is 31.9 Å². The standard InChI is InChI=1S/C20H36N4O2S.HI/c1-21-19(23-8-12-26-18(15-23)17-5-4-11-25-17)22-16-20(6-2-3-7-20)24-9-13-27-14-10-24;/h17-18H,2-16H2,1H3,(H,21,22);1H. The van der Waals surface area contributed by atoms with Crippen LogP contribution in [0.2, 0.25) is 0 Å². The predicted molar refractivity (Wildman–Crippen MR) is 127 cm³/mol. The number of hydrogen-bond acceptors (Lipinski definition) is 5. The number of aliphatic imine (C=N–C) groups is 1. The van der Waals surface area contributed by atoms with Crippen molar-refractivity contribution < 1.29 is 9.47 Å². The third kappa shape index (κ3) is 5.28. The molecule has 0 aromatic heterocycles. The lowest BCUT2D eigenvalue weighted by Crippen LogP contribution is -2.59. The molecule has 0 aromatic carbocycles. The smallest absolute Gasteiger partial charge is 0.193 e. The fourth-order valence-electron chi connectivity index (χ4n) is 5.24. The monoisotopic (exact) mass is 524 g/mol. The molecule has 28 heavy (non-hydrogen) atoms. The van der Waals surface area contributed by atoms with Crippen LogP contribution in [0.4, 0.5) is 0 Å². The number of rotatable bonds is 4. The molecule has 0 radical (unpaired) electrons. The van der Waals surface area contributed by atoms with Gasteiger partial charge in [0.2, 0.25) is 0 Å².